The Hall–Kier alpha value is -2.49. The van der Waals surface area contributed by atoms with Crippen molar-refractivity contribution in [3.63, 3.8) is 0 Å². The molecular weight excluding hydrogens is 262 g/mol. The van der Waals surface area contributed by atoms with E-state index in [1.54, 1.807) is 6.20 Å². The normalized spacial score (nSPS) is 11.2. The Labute approximate surface area is 122 Å². The fourth-order valence-corrected chi connectivity index (χ4v) is 2.70. The number of hydrogen-bond acceptors (Lipinski definition) is 3. The van der Waals surface area contributed by atoms with Gasteiger partial charge in [0.05, 0.1) is 0 Å². The smallest absolute Gasteiger partial charge is 0.254 e. The van der Waals surface area contributed by atoms with Crippen molar-refractivity contribution in [3.8, 4) is 11.5 Å². The van der Waals surface area contributed by atoms with Crippen LogP contribution in [0.5, 0.6) is 0 Å². The summed E-state index contributed by atoms with van der Waals surface area (Å²) in [6.45, 7) is 5.86. The van der Waals surface area contributed by atoms with Gasteiger partial charge in [0.25, 0.3) is 5.56 Å². The zero-order chi connectivity index (χ0) is 15.0. The summed E-state index contributed by atoms with van der Waals surface area (Å²) in [6.07, 6.45) is 1.74. The topological polar surface area (TPSA) is 58.6 Å². The number of nitrogens with zero attached hydrogens (tertiary/aromatic N) is 2. The Balaban J connectivity index is 2.27. The van der Waals surface area contributed by atoms with Crippen LogP contribution in [0.2, 0.25) is 0 Å². The van der Waals surface area contributed by atoms with Gasteiger partial charge in [0.15, 0.2) is 5.82 Å². The molecule has 0 aliphatic heterocycles. The molecule has 4 heteroatoms. The number of benzene rings is 1. The van der Waals surface area contributed by atoms with E-state index in [9.17, 15) is 4.79 Å². The quantitative estimate of drug-likeness (QED) is 0.782. The zero-order valence-electron chi connectivity index (χ0n) is 12.3. The summed E-state index contributed by atoms with van der Waals surface area (Å²) >= 11 is 0. The maximum absolute atomic E-state index is 12.3. The van der Waals surface area contributed by atoms with E-state index in [0.717, 1.165) is 22.0 Å². The molecule has 3 aromatic rings. The minimum absolute atomic E-state index is 0.0813. The van der Waals surface area contributed by atoms with Gasteiger partial charge >= 0.3 is 0 Å². The first-order valence-electron chi connectivity index (χ1n) is 7.03. The second-order valence-electron chi connectivity index (χ2n) is 5.45. The van der Waals surface area contributed by atoms with Crippen LogP contribution >= 0.6 is 0 Å². The highest BCUT2D eigenvalue weighted by molar-refractivity contribution is 5.92. The van der Waals surface area contributed by atoms with Crippen LogP contribution in [-0.2, 0) is 0 Å². The summed E-state index contributed by atoms with van der Waals surface area (Å²) in [7, 11) is 0. The molecule has 0 amide bonds. The number of nitrogens with one attached hydrogen (secondary N) is 1. The molecule has 21 heavy (non-hydrogen) atoms. The Bertz CT molecular complexity index is 860. The molecule has 0 aliphatic carbocycles. The van der Waals surface area contributed by atoms with Crippen molar-refractivity contribution in [2.45, 2.75) is 26.7 Å². The first-order chi connectivity index (χ1) is 10.1. The summed E-state index contributed by atoms with van der Waals surface area (Å²) in [6, 6.07) is 9.90. The highest BCUT2D eigenvalue weighted by Crippen LogP contribution is 2.24. The summed E-state index contributed by atoms with van der Waals surface area (Å²) < 4.78 is 0. The number of hydrogen-bond donors (Lipinski definition) is 1. The molecule has 0 saturated carbocycles. The van der Waals surface area contributed by atoms with Gasteiger partial charge in [0.1, 0.15) is 5.69 Å². The first-order valence-corrected chi connectivity index (χ1v) is 7.03. The lowest BCUT2D eigenvalue weighted by atomic mass is 10.0. The number of fused-ring (bicyclic) bond motifs is 1. The van der Waals surface area contributed by atoms with Gasteiger partial charge in [-0.15, -0.1) is 0 Å². The van der Waals surface area contributed by atoms with E-state index >= 15 is 0 Å². The highest BCUT2D eigenvalue weighted by atomic mass is 16.1. The molecule has 0 aliphatic rings. The van der Waals surface area contributed by atoms with Crippen molar-refractivity contribution in [1.82, 2.24) is 15.0 Å². The van der Waals surface area contributed by atoms with Gasteiger partial charge < -0.3 is 4.98 Å². The molecule has 3 rings (SSSR count). The summed E-state index contributed by atoms with van der Waals surface area (Å²) in [5, 5.41) is 2.07. The molecular formula is C17H17N3O. The largest absolute Gasteiger partial charge is 0.305 e. The van der Waals surface area contributed by atoms with E-state index in [4.69, 9.17) is 0 Å². The molecule has 1 aromatic carbocycles. The van der Waals surface area contributed by atoms with Gasteiger partial charge in [-0.25, -0.2) is 4.98 Å². The highest BCUT2D eigenvalue weighted by Gasteiger charge is 2.14. The number of pyridine rings is 1. The molecule has 2 heterocycles. The number of H-pyrrole nitrogens is 1. The van der Waals surface area contributed by atoms with E-state index in [1.165, 1.54) is 0 Å². The molecule has 2 aromatic heterocycles. The third-order valence-electron chi connectivity index (χ3n) is 3.62. The summed E-state index contributed by atoms with van der Waals surface area (Å²) in [5.74, 6) is 0.675. The lowest BCUT2D eigenvalue weighted by molar-refractivity contribution is 0.814. The predicted octanol–water partition coefficient (Wildman–Crippen LogP) is 3.42. The van der Waals surface area contributed by atoms with Gasteiger partial charge in [-0.05, 0) is 24.3 Å². The van der Waals surface area contributed by atoms with Crippen molar-refractivity contribution >= 4 is 10.8 Å². The van der Waals surface area contributed by atoms with E-state index in [1.807, 2.05) is 51.1 Å². The van der Waals surface area contributed by atoms with Crippen molar-refractivity contribution < 1.29 is 0 Å². The molecule has 106 valence electrons. The number of rotatable bonds is 2. The monoisotopic (exact) mass is 279 g/mol. The zero-order valence-corrected chi connectivity index (χ0v) is 12.3. The van der Waals surface area contributed by atoms with Gasteiger partial charge in [0, 0.05) is 22.8 Å². The van der Waals surface area contributed by atoms with Crippen molar-refractivity contribution in [2.75, 3.05) is 0 Å². The molecule has 0 saturated heterocycles. The Morgan fingerprint density at radius 3 is 2.62 bits per heavy atom. The first kappa shape index (κ1) is 13.5. The Kier molecular flexibility index (Phi) is 3.29. The Morgan fingerprint density at radius 2 is 1.90 bits per heavy atom. The van der Waals surface area contributed by atoms with Gasteiger partial charge in [-0.2, -0.15) is 0 Å². The van der Waals surface area contributed by atoms with Gasteiger partial charge in [-0.3, -0.25) is 9.78 Å². The lowest BCUT2D eigenvalue weighted by Crippen LogP contribution is -2.18. The molecule has 0 radical (unpaired) electrons. The SMILES string of the molecule is Cc1nc(-c2nccc3ccccc23)[nH]c(=O)c1C(C)C. The number of aromatic nitrogens is 3. The number of aromatic amines is 1. The minimum atomic E-state index is -0.0813. The molecule has 4 nitrogen and oxygen atoms in total. The minimum Gasteiger partial charge on any atom is -0.305 e. The van der Waals surface area contributed by atoms with E-state index in [0.29, 0.717) is 11.5 Å². The fourth-order valence-electron chi connectivity index (χ4n) is 2.70. The van der Waals surface area contributed by atoms with Crippen LogP contribution in [0.1, 0.15) is 31.0 Å². The third-order valence-corrected chi connectivity index (χ3v) is 3.62. The summed E-state index contributed by atoms with van der Waals surface area (Å²) in [5.41, 5.74) is 2.13. The van der Waals surface area contributed by atoms with Crippen LogP contribution < -0.4 is 5.56 Å². The van der Waals surface area contributed by atoms with Crippen LogP contribution in [0.3, 0.4) is 0 Å². The average Bonchev–Trinajstić information content (AvgIpc) is 2.45. The average molecular weight is 279 g/mol. The fraction of sp³-hybridized carbons (Fsp3) is 0.235. The van der Waals surface area contributed by atoms with Gasteiger partial charge in [0.2, 0.25) is 0 Å². The van der Waals surface area contributed by atoms with Gasteiger partial charge in [-0.1, -0.05) is 38.1 Å². The van der Waals surface area contributed by atoms with E-state index in [-0.39, 0.29) is 11.5 Å². The maximum Gasteiger partial charge on any atom is 0.254 e. The molecule has 0 bridgehead atoms. The van der Waals surface area contributed by atoms with Crippen molar-refractivity contribution in [3.05, 3.63) is 58.1 Å². The third kappa shape index (κ3) is 2.33. The molecule has 0 fully saturated rings. The van der Waals surface area contributed by atoms with Crippen LogP contribution in [0.4, 0.5) is 0 Å². The molecule has 1 N–H and O–H groups in total. The molecule has 0 atom stereocenters. The van der Waals surface area contributed by atoms with Crippen molar-refractivity contribution in [1.29, 1.82) is 0 Å². The standard InChI is InChI=1S/C17H17N3O/c1-10(2)14-11(3)19-16(20-17(14)21)15-13-7-5-4-6-12(13)8-9-18-15/h4-10H,1-3H3,(H,19,20,21). The predicted molar refractivity (Wildman–Crippen MR) is 84.4 cm³/mol. The maximum atomic E-state index is 12.3. The van der Waals surface area contributed by atoms with Crippen LogP contribution in [0, 0.1) is 6.92 Å². The van der Waals surface area contributed by atoms with Crippen LogP contribution in [-0.4, -0.2) is 15.0 Å². The number of aryl methyl sites for hydroxylation is 1. The van der Waals surface area contributed by atoms with E-state index < -0.39 is 0 Å². The van der Waals surface area contributed by atoms with Crippen LogP contribution in [0.25, 0.3) is 22.3 Å². The molecule has 0 unspecified atom stereocenters. The lowest BCUT2D eigenvalue weighted by Gasteiger charge is -2.10. The Morgan fingerprint density at radius 1 is 1.14 bits per heavy atom. The van der Waals surface area contributed by atoms with Crippen LogP contribution in [0.15, 0.2) is 41.3 Å². The second kappa shape index (κ2) is 5.13. The second-order valence-corrected chi connectivity index (χ2v) is 5.45. The molecule has 0 spiro atoms. The summed E-state index contributed by atoms with van der Waals surface area (Å²) in [4.78, 5) is 24.1. The van der Waals surface area contributed by atoms with E-state index in [2.05, 4.69) is 15.0 Å². The van der Waals surface area contributed by atoms with Crippen molar-refractivity contribution in [2.24, 2.45) is 0 Å².